The minimum absolute atomic E-state index is 0.193. The van der Waals surface area contributed by atoms with E-state index in [1.54, 1.807) is 6.20 Å². The summed E-state index contributed by atoms with van der Waals surface area (Å²) in [5.74, 6) is 1.34. The van der Waals surface area contributed by atoms with Gasteiger partial charge < -0.3 is 15.0 Å². The maximum Gasteiger partial charge on any atom is 0.410 e. The van der Waals surface area contributed by atoms with Crippen LogP contribution in [0.1, 0.15) is 44.7 Å². The van der Waals surface area contributed by atoms with Gasteiger partial charge in [-0.25, -0.2) is 4.79 Å². The molecule has 2 aliphatic rings. The van der Waals surface area contributed by atoms with Crippen molar-refractivity contribution in [2.75, 3.05) is 26.2 Å². The summed E-state index contributed by atoms with van der Waals surface area (Å²) in [6, 6.07) is 8.21. The maximum absolute atomic E-state index is 12.0. The van der Waals surface area contributed by atoms with Crippen LogP contribution in [-0.4, -0.2) is 52.7 Å². The van der Waals surface area contributed by atoms with E-state index in [9.17, 15) is 4.79 Å². The van der Waals surface area contributed by atoms with Crippen LogP contribution in [0, 0.1) is 11.8 Å². The number of carbonyl (C=O) groups excluding carboxylic acids is 1. The van der Waals surface area contributed by atoms with Gasteiger partial charge in [-0.15, -0.1) is 0 Å². The van der Waals surface area contributed by atoms with E-state index in [0.717, 1.165) is 31.8 Å². The first kappa shape index (κ1) is 23.2. The molecule has 4 rings (SSSR count). The van der Waals surface area contributed by atoms with Crippen LogP contribution in [-0.2, 0) is 17.6 Å². The summed E-state index contributed by atoms with van der Waals surface area (Å²) in [7, 11) is 0. The molecule has 2 atom stereocenters. The Morgan fingerprint density at radius 3 is 2.23 bits per heavy atom. The molecule has 0 aromatic carbocycles. The van der Waals surface area contributed by atoms with E-state index < -0.39 is 5.60 Å². The highest BCUT2D eigenvalue weighted by Gasteiger charge is 2.29. The molecule has 0 radical (unpaired) electrons. The van der Waals surface area contributed by atoms with Crippen molar-refractivity contribution >= 4 is 6.09 Å². The van der Waals surface area contributed by atoms with Gasteiger partial charge in [0, 0.05) is 37.9 Å². The fraction of sp³-hybridized carbons (Fsp3) is 0.560. The molecule has 2 aromatic rings. The van der Waals surface area contributed by atoms with Crippen LogP contribution < -0.4 is 5.32 Å². The van der Waals surface area contributed by atoms with Gasteiger partial charge in [-0.2, -0.15) is 0 Å². The quantitative estimate of drug-likeness (QED) is 0.800. The Kier molecular flexibility index (Phi) is 8.41. The highest BCUT2D eigenvalue weighted by molar-refractivity contribution is 5.68. The Morgan fingerprint density at radius 1 is 1.06 bits per heavy atom. The van der Waals surface area contributed by atoms with Crippen LogP contribution in [0.4, 0.5) is 4.79 Å². The summed E-state index contributed by atoms with van der Waals surface area (Å²) in [6.45, 7) is 9.62. The summed E-state index contributed by atoms with van der Waals surface area (Å²) in [4.78, 5) is 22.0. The number of hydrogen-bond donors (Lipinski definition) is 1. The van der Waals surface area contributed by atoms with Crippen molar-refractivity contribution in [3.8, 4) is 0 Å². The van der Waals surface area contributed by atoms with Gasteiger partial charge in [-0.3, -0.25) is 9.97 Å². The SMILES string of the molecule is CC(C)(C)OC(=O)N1CC[C@@H](Cc2cccnc2)C1.c1cncc(C[C@@H]2CCNC2)c1. The number of nitrogens with one attached hydrogen (secondary N) is 1. The van der Waals surface area contributed by atoms with Gasteiger partial charge >= 0.3 is 6.09 Å². The molecule has 1 N–H and O–H groups in total. The smallest absolute Gasteiger partial charge is 0.410 e. The summed E-state index contributed by atoms with van der Waals surface area (Å²) < 4.78 is 5.39. The zero-order chi connectivity index (χ0) is 22.1. The number of nitrogens with zero attached hydrogens (tertiary/aromatic N) is 3. The van der Waals surface area contributed by atoms with E-state index in [1.165, 1.54) is 37.1 Å². The number of aromatic nitrogens is 2. The molecule has 0 spiro atoms. The van der Waals surface area contributed by atoms with Gasteiger partial charge in [0.1, 0.15) is 5.60 Å². The molecule has 0 aliphatic carbocycles. The minimum atomic E-state index is -0.418. The van der Waals surface area contributed by atoms with Crippen molar-refractivity contribution in [3.63, 3.8) is 0 Å². The van der Waals surface area contributed by atoms with Crippen molar-refractivity contribution in [3.05, 3.63) is 60.2 Å². The Morgan fingerprint density at radius 2 is 1.71 bits per heavy atom. The third kappa shape index (κ3) is 8.29. The summed E-state index contributed by atoms with van der Waals surface area (Å²) in [5.41, 5.74) is 2.18. The number of likely N-dealkylation sites (tertiary alicyclic amines) is 1. The highest BCUT2D eigenvalue weighted by Crippen LogP contribution is 2.22. The van der Waals surface area contributed by atoms with E-state index in [4.69, 9.17) is 4.74 Å². The van der Waals surface area contributed by atoms with Gasteiger partial charge in [-0.1, -0.05) is 12.1 Å². The molecule has 6 heteroatoms. The van der Waals surface area contributed by atoms with Gasteiger partial charge in [-0.05, 0) is 94.6 Å². The molecule has 2 fully saturated rings. The largest absolute Gasteiger partial charge is 0.444 e. The van der Waals surface area contributed by atoms with Crippen LogP contribution in [0.3, 0.4) is 0 Å². The first-order valence-electron chi connectivity index (χ1n) is 11.4. The number of hydrogen-bond acceptors (Lipinski definition) is 5. The minimum Gasteiger partial charge on any atom is -0.444 e. The number of carbonyl (C=O) groups is 1. The highest BCUT2D eigenvalue weighted by atomic mass is 16.6. The molecule has 168 valence electrons. The van der Waals surface area contributed by atoms with E-state index in [2.05, 4.69) is 27.4 Å². The summed E-state index contributed by atoms with van der Waals surface area (Å²) in [6.07, 6.45) is 11.8. The summed E-state index contributed by atoms with van der Waals surface area (Å²) >= 11 is 0. The molecule has 2 aliphatic heterocycles. The second kappa shape index (κ2) is 11.2. The van der Waals surface area contributed by atoms with Crippen LogP contribution in [0.25, 0.3) is 0 Å². The number of pyridine rings is 2. The molecule has 4 heterocycles. The van der Waals surface area contributed by atoms with Crippen LogP contribution in [0.15, 0.2) is 49.1 Å². The first-order valence-corrected chi connectivity index (χ1v) is 11.4. The van der Waals surface area contributed by atoms with Gasteiger partial charge in [0.25, 0.3) is 0 Å². The molecule has 0 bridgehead atoms. The van der Waals surface area contributed by atoms with Crippen LogP contribution >= 0.6 is 0 Å². The van der Waals surface area contributed by atoms with E-state index >= 15 is 0 Å². The molecule has 0 saturated carbocycles. The number of ether oxygens (including phenoxy) is 1. The topological polar surface area (TPSA) is 67.3 Å². The fourth-order valence-electron chi connectivity index (χ4n) is 4.08. The molecule has 2 saturated heterocycles. The second-order valence-electron chi connectivity index (χ2n) is 9.57. The van der Waals surface area contributed by atoms with Crippen LogP contribution in [0.2, 0.25) is 0 Å². The normalized spacial score (nSPS) is 20.8. The van der Waals surface area contributed by atoms with Gasteiger partial charge in [0.2, 0.25) is 0 Å². The molecule has 31 heavy (non-hydrogen) atoms. The van der Waals surface area contributed by atoms with Gasteiger partial charge in [0.05, 0.1) is 0 Å². The lowest BCUT2D eigenvalue weighted by Crippen LogP contribution is -2.35. The van der Waals surface area contributed by atoms with E-state index in [1.807, 2.05) is 56.4 Å². The van der Waals surface area contributed by atoms with Crippen molar-refractivity contribution < 1.29 is 9.53 Å². The zero-order valence-electron chi connectivity index (χ0n) is 19.1. The van der Waals surface area contributed by atoms with Crippen molar-refractivity contribution in [1.29, 1.82) is 0 Å². The average Bonchev–Trinajstić information content (AvgIpc) is 3.41. The zero-order valence-corrected chi connectivity index (χ0v) is 19.1. The lowest BCUT2D eigenvalue weighted by Gasteiger charge is -2.24. The second-order valence-corrected chi connectivity index (χ2v) is 9.57. The standard InChI is InChI=1S/C15H22N2O2.C10H14N2/c1-15(2,3)19-14(18)17-8-6-13(11-17)9-12-5-4-7-16-10-12;1-2-9(7-11-4-1)6-10-3-5-12-8-10/h4-5,7,10,13H,6,8-9,11H2,1-3H3;1-2,4,7,10,12H,3,5-6,8H2/t13-;10-/m00/s1. The fourth-order valence-corrected chi connectivity index (χ4v) is 4.08. The number of amides is 1. The first-order chi connectivity index (χ1) is 14.9. The lowest BCUT2D eigenvalue weighted by molar-refractivity contribution is 0.0288. The lowest BCUT2D eigenvalue weighted by atomic mass is 10.0. The van der Waals surface area contributed by atoms with Crippen molar-refractivity contribution in [2.45, 2.75) is 52.1 Å². The predicted octanol–water partition coefficient (Wildman–Crippen LogP) is 4.11. The molecule has 0 unspecified atom stereocenters. The maximum atomic E-state index is 12.0. The van der Waals surface area contributed by atoms with Crippen LogP contribution in [0.5, 0.6) is 0 Å². The molecular weight excluding hydrogens is 388 g/mol. The Hall–Kier alpha value is -2.47. The van der Waals surface area contributed by atoms with E-state index in [0.29, 0.717) is 5.92 Å². The average molecular weight is 425 g/mol. The van der Waals surface area contributed by atoms with E-state index in [-0.39, 0.29) is 6.09 Å². The number of rotatable bonds is 4. The predicted molar refractivity (Wildman–Crippen MR) is 123 cm³/mol. The third-order valence-corrected chi connectivity index (χ3v) is 5.59. The Labute approximate surface area is 186 Å². The third-order valence-electron chi connectivity index (χ3n) is 5.59. The molecule has 1 amide bonds. The monoisotopic (exact) mass is 424 g/mol. The van der Waals surface area contributed by atoms with Gasteiger partial charge in [0.15, 0.2) is 0 Å². The Bertz CT molecular complexity index is 786. The van der Waals surface area contributed by atoms with Crippen molar-refractivity contribution in [1.82, 2.24) is 20.2 Å². The molecule has 6 nitrogen and oxygen atoms in total. The molecule has 2 aromatic heterocycles. The molecular formula is C25H36N4O2. The summed E-state index contributed by atoms with van der Waals surface area (Å²) in [5, 5.41) is 3.37. The Balaban J connectivity index is 0.000000194. The van der Waals surface area contributed by atoms with Crippen molar-refractivity contribution in [2.24, 2.45) is 11.8 Å².